The van der Waals surface area contributed by atoms with Gasteiger partial charge in [0.1, 0.15) is 0 Å². The molecule has 1 aromatic rings. The number of rotatable bonds is 8. The molecule has 2 saturated heterocycles. The van der Waals surface area contributed by atoms with Crippen molar-refractivity contribution in [2.24, 2.45) is 4.99 Å². The Morgan fingerprint density at radius 2 is 1.93 bits per heavy atom. The van der Waals surface area contributed by atoms with Crippen LogP contribution in [0.15, 0.2) is 35.3 Å². The van der Waals surface area contributed by atoms with Crippen molar-refractivity contribution >= 4 is 35.6 Å². The van der Waals surface area contributed by atoms with Gasteiger partial charge < -0.3 is 19.9 Å². The molecule has 0 aromatic heterocycles. The van der Waals surface area contributed by atoms with E-state index in [1.54, 1.807) is 0 Å². The summed E-state index contributed by atoms with van der Waals surface area (Å²) in [5.74, 6) is 1.09. The standard InChI is InChI=1S/C22H37N5O.HI/c1-3-23-22(27-14-11-21(19-27)26-15-17-28-18-16-26)24-12-7-8-13-25(2)20-9-5-4-6-10-20;/h4-6,9-10,21H,3,7-8,11-19H2,1-2H3,(H,23,24);1H. The van der Waals surface area contributed by atoms with Crippen molar-refractivity contribution in [1.29, 1.82) is 0 Å². The minimum atomic E-state index is 0. The number of morpholine rings is 1. The third-order valence-electron chi connectivity index (χ3n) is 5.72. The molecule has 3 rings (SSSR count). The minimum absolute atomic E-state index is 0. The second kappa shape index (κ2) is 13.3. The molecule has 7 heteroatoms. The predicted molar refractivity (Wildman–Crippen MR) is 133 cm³/mol. The quantitative estimate of drug-likeness (QED) is 0.250. The van der Waals surface area contributed by atoms with Crippen molar-refractivity contribution in [3.63, 3.8) is 0 Å². The van der Waals surface area contributed by atoms with Crippen LogP contribution in [0.4, 0.5) is 5.69 Å². The molecule has 2 heterocycles. The van der Waals surface area contributed by atoms with Gasteiger partial charge in [-0.3, -0.25) is 9.89 Å². The van der Waals surface area contributed by atoms with Crippen molar-refractivity contribution in [1.82, 2.24) is 15.1 Å². The summed E-state index contributed by atoms with van der Waals surface area (Å²) < 4.78 is 5.50. The number of para-hydroxylation sites is 1. The molecular formula is C22H38IN5O. The molecule has 1 aromatic carbocycles. The van der Waals surface area contributed by atoms with Gasteiger partial charge in [-0.1, -0.05) is 18.2 Å². The first kappa shape index (κ1) is 24.2. The molecular weight excluding hydrogens is 477 g/mol. The summed E-state index contributed by atoms with van der Waals surface area (Å²) in [7, 11) is 2.17. The van der Waals surface area contributed by atoms with Crippen LogP contribution in [-0.2, 0) is 4.74 Å². The van der Waals surface area contributed by atoms with Crippen LogP contribution in [0.1, 0.15) is 26.2 Å². The van der Waals surface area contributed by atoms with Crippen molar-refractivity contribution in [3.8, 4) is 0 Å². The lowest BCUT2D eigenvalue weighted by Gasteiger charge is -2.32. The summed E-state index contributed by atoms with van der Waals surface area (Å²) in [5, 5.41) is 3.50. The second-order valence-corrected chi connectivity index (χ2v) is 7.74. The molecule has 29 heavy (non-hydrogen) atoms. The van der Waals surface area contributed by atoms with Gasteiger partial charge in [0.05, 0.1) is 13.2 Å². The average molecular weight is 515 g/mol. The van der Waals surface area contributed by atoms with E-state index in [2.05, 4.69) is 64.3 Å². The largest absolute Gasteiger partial charge is 0.379 e. The summed E-state index contributed by atoms with van der Waals surface area (Å²) in [4.78, 5) is 12.3. The normalized spacial score (nSPS) is 20.4. The average Bonchev–Trinajstić information content (AvgIpc) is 3.24. The zero-order valence-corrected chi connectivity index (χ0v) is 20.4. The lowest BCUT2D eigenvalue weighted by molar-refractivity contribution is 0.0195. The first-order valence-corrected chi connectivity index (χ1v) is 10.9. The highest BCUT2D eigenvalue weighted by molar-refractivity contribution is 14.0. The third-order valence-corrected chi connectivity index (χ3v) is 5.72. The van der Waals surface area contributed by atoms with Crippen LogP contribution in [-0.4, -0.2) is 87.9 Å². The predicted octanol–water partition coefficient (Wildman–Crippen LogP) is 2.89. The van der Waals surface area contributed by atoms with Crippen molar-refractivity contribution in [3.05, 3.63) is 30.3 Å². The van der Waals surface area contributed by atoms with Gasteiger partial charge in [-0.15, -0.1) is 24.0 Å². The molecule has 2 aliphatic rings. The van der Waals surface area contributed by atoms with E-state index in [1.807, 2.05) is 0 Å². The van der Waals surface area contributed by atoms with Gasteiger partial charge in [0, 0.05) is 64.6 Å². The molecule has 0 radical (unpaired) electrons. The summed E-state index contributed by atoms with van der Waals surface area (Å²) in [6, 6.07) is 11.2. The topological polar surface area (TPSA) is 43.3 Å². The van der Waals surface area contributed by atoms with E-state index >= 15 is 0 Å². The Morgan fingerprint density at radius 3 is 2.66 bits per heavy atom. The van der Waals surface area contributed by atoms with Crippen molar-refractivity contribution in [2.75, 3.05) is 71.0 Å². The van der Waals surface area contributed by atoms with E-state index < -0.39 is 0 Å². The molecule has 0 spiro atoms. The van der Waals surface area contributed by atoms with Crippen LogP contribution in [0.2, 0.25) is 0 Å². The van der Waals surface area contributed by atoms with Crippen LogP contribution in [0.3, 0.4) is 0 Å². The molecule has 0 aliphatic carbocycles. The number of unbranched alkanes of at least 4 members (excludes halogenated alkanes) is 1. The number of benzene rings is 1. The number of guanidine groups is 1. The fourth-order valence-electron chi connectivity index (χ4n) is 4.06. The maximum absolute atomic E-state index is 5.50. The molecule has 0 amide bonds. The van der Waals surface area contributed by atoms with Gasteiger partial charge in [-0.2, -0.15) is 0 Å². The van der Waals surface area contributed by atoms with E-state index in [9.17, 15) is 0 Å². The monoisotopic (exact) mass is 515 g/mol. The second-order valence-electron chi connectivity index (χ2n) is 7.74. The van der Waals surface area contributed by atoms with Gasteiger partial charge in [0.25, 0.3) is 0 Å². The smallest absolute Gasteiger partial charge is 0.193 e. The number of ether oxygens (including phenoxy) is 1. The maximum atomic E-state index is 5.50. The van der Waals surface area contributed by atoms with Gasteiger partial charge >= 0.3 is 0 Å². The maximum Gasteiger partial charge on any atom is 0.193 e. The zero-order chi connectivity index (χ0) is 19.6. The van der Waals surface area contributed by atoms with Crippen LogP contribution in [0.25, 0.3) is 0 Å². The number of anilines is 1. The minimum Gasteiger partial charge on any atom is -0.379 e. The molecule has 1 unspecified atom stereocenters. The number of nitrogens with zero attached hydrogens (tertiary/aromatic N) is 4. The molecule has 0 saturated carbocycles. The molecule has 2 aliphatic heterocycles. The summed E-state index contributed by atoms with van der Waals surface area (Å²) in [6.07, 6.45) is 3.50. The number of hydrogen-bond acceptors (Lipinski definition) is 4. The van der Waals surface area contributed by atoms with E-state index in [0.717, 1.165) is 77.8 Å². The first-order valence-electron chi connectivity index (χ1n) is 10.9. The highest BCUT2D eigenvalue weighted by atomic mass is 127. The summed E-state index contributed by atoms with van der Waals surface area (Å²) in [6.45, 7) is 11.1. The number of halogens is 1. The Labute approximate surface area is 193 Å². The fourth-order valence-corrected chi connectivity index (χ4v) is 4.06. The Morgan fingerprint density at radius 1 is 1.17 bits per heavy atom. The molecule has 164 valence electrons. The summed E-state index contributed by atoms with van der Waals surface area (Å²) >= 11 is 0. The van der Waals surface area contributed by atoms with E-state index in [0.29, 0.717) is 6.04 Å². The first-order chi connectivity index (χ1) is 13.8. The molecule has 2 fully saturated rings. The van der Waals surface area contributed by atoms with Crippen LogP contribution < -0.4 is 10.2 Å². The number of nitrogens with one attached hydrogen (secondary N) is 1. The van der Waals surface area contributed by atoms with Crippen molar-refractivity contribution < 1.29 is 4.74 Å². The highest BCUT2D eigenvalue weighted by Gasteiger charge is 2.30. The van der Waals surface area contributed by atoms with Crippen molar-refractivity contribution in [2.45, 2.75) is 32.2 Å². The van der Waals surface area contributed by atoms with Gasteiger partial charge in [0.2, 0.25) is 0 Å². The number of aliphatic imine (C=N–C) groups is 1. The van der Waals surface area contributed by atoms with Gasteiger partial charge in [-0.25, -0.2) is 0 Å². The number of hydrogen-bond donors (Lipinski definition) is 1. The Bertz CT molecular complexity index is 594. The molecule has 6 nitrogen and oxygen atoms in total. The summed E-state index contributed by atoms with van der Waals surface area (Å²) in [5.41, 5.74) is 1.28. The van der Waals surface area contributed by atoms with Crippen LogP contribution in [0, 0.1) is 0 Å². The third kappa shape index (κ3) is 7.61. The number of likely N-dealkylation sites (tertiary alicyclic amines) is 1. The van der Waals surface area contributed by atoms with Crippen LogP contribution in [0.5, 0.6) is 0 Å². The molecule has 1 N–H and O–H groups in total. The molecule has 0 bridgehead atoms. The van der Waals surface area contributed by atoms with Crippen LogP contribution >= 0.6 is 24.0 Å². The molecule has 1 atom stereocenters. The SMILES string of the molecule is CCNC(=NCCCCN(C)c1ccccc1)N1CCC(N2CCOCC2)C1.I. The van der Waals surface area contributed by atoms with E-state index in [1.165, 1.54) is 12.1 Å². The van der Waals surface area contributed by atoms with Gasteiger partial charge in [0.15, 0.2) is 5.96 Å². The lowest BCUT2D eigenvalue weighted by atomic mass is 10.2. The lowest BCUT2D eigenvalue weighted by Crippen LogP contribution is -2.46. The van der Waals surface area contributed by atoms with E-state index in [4.69, 9.17) is 9.73 Å². The fraction of sp³-hybridized carbons (Fsp3) is 0.682. The van der Waals surface area contributed by atoms with Gasteiger partial charge in [-0.05, 0) is 38.3 Å². The highest BCUT2D eigenvalue weighted by Crippen LogP contribution is 2.17. The Kier molecular flexibility index (Phi) is 11.1. The Hall–Kier alpha value is -1.06. The Balaban J connectivity index is 0.00000300. The zero-order valence-electron chi connectivity index (χ0n) is 18.1. The van der Waals surface area contributed by atoms with E-state index in [-0.39, 0.29) is 24.0 Å².